The number of hydrogen-bond acceptors (Lipinski definition) is 4. The maximum absolute atomic E-state index is 11.1. The summed E-state index contributed by atoms with van der Waals surface area (Å²) in [6.07, 6.45) is 2.06. The lowest BCUT2D eigenvalue weighted by Gasteiger charge is -2.06. The standard InChI is InChI=1S/C8H19N3O3S/c1-3-4-9-7-8(12)10-5-6-11-15(2,13)14/h9,11H,3-7H2,1-2H3,(H,10,12). The van der Waals surface area contributed by atoms with E-state index in [-0.39, 0.29) is 19.0 Å². The van der Waals surface area contributed by atoms with Crippen LogP contribution in [0.4, 0.5) is 0 Å². The highest BCUT2D eigenvalue weighted by molar-refractivity contribution is 7.88. The lowest BCUT2D eigenvalue weighted by Crippen LogP contribution is -2.38. The first-order valence-electron chi connectivity index (χ1n) is 4.87. The average Bonchev–Trinajstić information content (AvgIpc) is 2.11. The molecular weight excluding hydrogens is 218 g/mol. The van der Waals surface area contributed by atoms with Crippen LogP contribution in [0.3, 0.4) is 0 Å². The van der Waals surface area contributed by atoms with Crippen LogP contribution in [-0.2, 0) is 14.8 Å². The van der Waals surface area contributed by atoms with Crippen molar-refractivity contribution in [1.82, 2.24) is 15.4 Å². The third kappa shape index (κ3) is 11.3. The van der Waals surface area contributed by atoms with Crippen molar-refractivity contribution in [3.63, 3.8) is 0 Å². The largest absolute Gasteiger partial charge is 0.354 e. The Morgan fingerprint density at radius 2 is 1.87 bits per heavy atom. The minimum Gasteiger partial charge on any atom is -0.354 e. The molecule has 0 heterocycles. The van der Waals surface area contributed by atoms with E-state index in [0.717, 1.165) is 19.2 Å². The summed E-state index contributed by atoms with van der Waals surface area (Å²) in [6.45, 7) is 3.61. The first kappa shape index (κ1) is 14.3. The van der Waals surface area contributed by atoms with Crippen molar-refractivity contribution in [3.05, 3.63) is 0 Å². The molecule has 3 N–H and O–H groups in total. The van der Waals surface area contributed by atoms with Gasteiger partial charge in [-0.25, -0.2) is 13.1 Å². The van der Waals surface area contributed by atoms with Gasteiger partial charge < -0.3 is 10.6 Å². The van der Waals surface area contributed by atoms with Crippen LogP contribution in [0.5, 0.6) is 0 Å². The number of hydrogen-bond donors (Lipinski definition) is 3. The maximum atomic E-state index is 11.1. The molecule has 0 spiro atoms. The fraction of sp³-hybridized carbons (Fsp3) is 0.875. The van der Waals surface area contributed by atoms with Crippen LogP contribution in [-0.4, -0.2) is 46.8 Å². The quantitative estimate of drug-likeness (QED) is 0.456. The molecule has 0 aromatic carbocycles. The molecule has 0 atom stereocenters. The Morgan fingerprint density at radius 1 is 1.20 bits per heavy atom. The van der Waals surface area contributed by atoms with E-state index in [0.29, 0.717) is 6.54 Å². The number of nitrogens with one attached hydrogen (secondary N) is 3. The Kier molecular flexibility index (Phi) is 7.27. The molecule has 7 heteroatoms. The Labute approximate surface area is 90.9 Å². The van der Waals surface area contributed by atoms with Gasteiger partial charge in [0, 0.05) is 13.1 Å². The minimum atomic E-state index is -3.16. The fourth-order valence-electron chi connectivity index (χ4n) is 0.880. The van der Waals surface area contributed by atoms with Crippen molar-refractivity contribution >= 4 is 15.9 Å². The lowest BCUT2D eigenvalue weighted by atomic mass is 10.4. The van der Waals surface area contributed by atoms with E-state index in [4.69, 9.17) is 0 Å². The van der Waals surface area contributed by atoms with Crippen molar-refractivity contribution in [1.29, 1.82) is 0 Å². The van der Waals surface area contributed by atoms with E-state index < -0.39 is 10.0 Å². The van der Waals surface area contributed by atoms with E-state index in [1.807, 2.05) is 6.92 Å². The molecule has 0 saturated heterocycles. The van der Waals surface area contributed by atoms with Crippen molar-refractivity contribution in [3.8, 4) is 0 Å². The number of sulfonamides is 1. The molecule has 0 aliphatic heterocycles. The molecule has 0 fully saturated rings. The average molecular weight is 237 g/mol. The van der Waals surface area contributed by atoms with Gasteiger partial charge in [0.25, 0.3) is 0 Å². The summed E-state index contributed by atoms with van der Waals surface area (Å²) in [4.78, 5) is 11.1. The number of amides is 1. The zero-order valence-electron chi connectivity index (χ0n) is 9.17. The molecule has 0 rings (SSSR count). The molecule has 0 aliphatic rings. The molecule has 0 radical (unpaired) electrons. The Morgan fingerprint density at radius 3 is 2.40 bits per heavy atom. The monoisotopic (exact) mass is 237 g/mol. The summed E-state index contributed by atoms with van der Waals surface area (Å²) in [7, 11) is -3.16. The van der Waals surface area contributed by atoms with Gasteiger partial charge in [-0.2, -0.15) is 0 Å². The third-order valence-electron chi connectivity index (χ3n) is 1.52. The normalized spacial score (nSPS) is 11.3. The molecular formula is C8H19N3O3S. The molecule has 0 unspecified atom stereocenters. The van der Waals surface area contributed by atoms with Crippen molar-refractivity contribution in [2.24, 2.45) is 0 Å². The molecule has 0 bridgehead atoms. The van der Waals surface area contributed by atoms with Gasteiger partial charge in [-0.15, -0.1) is 0 Å². The Hall–Kier alpha value is -0.660. The smallest absolute Gasteiger partial charge is 0.234 e. The van der Waals surface area contributed by atoms with Gasteiger partial charge in [-0.05, 0) is 13.0 Å². The van der Waals surface area contributed by atoms with Crippen molar-refractivity contribution in [2.75, 3.05) is 32.4 Å². The van der Waals surface area contributed by atoms with Gasteiger partial charge in [0.2, 0.25) is 15.9 Å². The van der Waals surface area contributed by atoms with Crippen molar-refractivity contribution in [2.45, 2.75) is 13.3 Å². The van der Waals surface area contributed by atoms with Crippen LogP contribution >= 0.6 is 0 Å². The van der Waals surface area contributed by atoms with Gasteiger partial charge in [0.15, 0.2) is 0 Å². The first-order valence-corrected chi connectivity index (χ1v) is 6.77. The topological polar surface area (TPSA) is 87.3 Å². The zero-order chi connectivity index (χ0) is 11.7. The van der Waals surface area contributed by atoms with Crippen LogP contribution in [0.1, 0.15) is 13.3 Å². The molecule has 15 heavy (non-hydrogen) atoms. The predicted octanol–water partition coefficient (Wildman–Crippen LogP) is -1.35. The third-order valence-corrected chi connectivity index (χ3v) is 2.25. The van der Waals surface area contributed by atoms with E-state index in [1.54, 1.807) is 0 Å². The van der Waals surface area contributed by atoms with Crippen LogP contribution < -0.4 is 15.4 Å². The molecule has 0 aromatic heterocycles. The summed E-state index contributed by atoms with van der Waals surface area (Å²) in [6, 6.07) is 0. The highest BCUT2D eigenvalue weighted by atomic mass is 32.2. The minimum absolute atomic E-state index is 0.126. The second-order valence-electron chi connectivity index (χ2n) is 3.19. The number of carbonyl (C=O) groups is 1. The summed E-state index contributed by atoms with van der Waals surface area (Å²) in [5.41, 5.74) is 0. The van der Waals surface area contributed by atoms with Gasteiger partial charge >= 0.3 is 0 Å². The van der Waals surface area contributed by atoms with Gasteiger partial charge in [0.05, 0.1) is 12.8 Å². The molecule has 90 valence electrons. The summed E-state index contributed by atoms with van der Waals surface area (Å²) >= 11 is 0. The van der Waals surface area contributed by atoms with Gasteiger partial charge in [0.1, 0.15) is 0 Å². The van der Waals surface area contributed by atoms with Crippen LogP contribution in [0.25, 0.3) is 0 Å². The summed E-state index contributed by atoms with van der Waals surface area (Å²) in [5, 5.41) is 5.53. The van der Waals surface area contributed by atoms with E-state index in [9.17, 15) is 13.2 Å². The van der Waals surface area contributed by atoms with Gasteiger partial charge in [-0.3, -0.25) is 4.79 Å². The Balaban J connectivity index is 3.39. The number of carbonyl (C=O) groups excluding carboxylic acids is 1. The van der Waals surface area contributed by atoms with E-state index in [2.05, 4.69) is 15.4 Å². The van der Waals surface area contributed by atoms with E-state index >= 15 is 0 Å². The fourth-order valence-corrected chi connectivity index (χ4v) is 1.35. The summed E-state index contributed by atoms with van der Waals surface area (Å²) in [5.74, 6) is -0.126. The Bertz CT molecular complexity index is 277. The number of rotatable bonds is 8. The second kappa shape index (κ2) is 7.61. The maximum Gasteiger partial charge on any atom is 0.234 e. The van der Waals surface area contributed by atoms with Crippen LogP contribution in [0, 0.1) is 0 Å². The molecule has 0 aromatic rings. The molecule has 0 saturated carbocycles. The van der Waals surface area contributed by atoms with Crippen molar-refractivity contribution < 1.29 is 13.2 Å². The van der Waals surface area contributed by atoms with Crippen LogP contribution in [0.15, 0.2) is 0 Å². The van der Waals surface area contributed by atoms with E-state index in [1.165, 1.54) is 0 Å². The first-order chi connectivity index (χ1) is 6.95. The molecule has 6 nitrogen and oxygen atoms in total. The predicted molar refractivity (Wildman–Crippen MR) is 59.0 cm³/mol. The molecule has 0 aliphatic carbocycles. The van der Waals surface area contributed by atoms with Gasteiger partial charge in [-0.1, -0.05) is 6.92 Å². The lowest BCUT2D eigenvalue weighted by molar-refractivity contribution is -0.120. The molecule has 1 amide bonds. The second-order valence-corrected chi connectivity index (χ2v) is 5.03. The SMILES string of the molecule is CCCNCC(=O)NCCNS(C)(=O)=O. The van der Waals surface area contributed by atoms with Crippen LogP contribution in [0.2, 0.25) is 0 Å². The summed E-state index contributed by atoms with van der Waals surface area (Å²) < 4.78 is 23.6. The highest BCUT2D eigenvalue weighted by Crippen LogP contribution is 1.72. The highest BCUT2D eigenvalue weighted by Gasteiger charge is 2.01. The zero-order valence-corrected chi connectivity index (χ0v) is 9.99.